The zero-order valence-corrected chi connectivity index (χ0v) is 15.3. The maximum atomic E-state index is 12.7. The summed E-state index contributed by atoms with van der Waals surface area (Å²) in [5.41, 5.74) is 1.67. The number of urea groups is 1. The second-order valence-electron chi connectivity index (χ2n) is 6.56. The Hall–Kier alpha value is -2.94. The number of carbonyl (C=O) groups excluding carboxylic acids is 4. The van der Waals surface area contributed by atoms with Gasteiger partial charge in [-0.1, -0.05) is 30.3 Å². The molecule has 1 aliphatic heterocycles. The van der Waals surface area contributed by atoms with E-state index in [4.69, 9.17) is 0 Å². The Morgan fingerprint density at radius 3 is 2.31 bits per heavy atom. The van der Waals surface area contributed by atoms with Gasteiger partial charge in [-0.3, -0.25) is 24.7 Å². The van der Waals surface area contributed by atoms with Crippen molar-refractivity contribution in [2.45, 2.75) is 12.5 Å². The fraction of sp³-hybridized carbons (Fsp3) is 0.412. The molecule has 2 N–H and O–H groups in total. The molecule has 2 rings (SSSR count). The molecule has 0 saturated carbocycles. The van der Waals surface area contributed by atoms with Crippen molar-refractivity contribution in [3.05, 3.63) is 35.9 Å². The van der Waals surface area contributed by atoms with Crippen molar-refractivity contribution < 1.29 is 19.2 Å². The van der Waals surface area contributed by atoms with Gasteiger partial charge >= 0.3 is 6.03 Å². The van der Waals surface area contributed by atoms with Gasteiger partial charge in [-0.2, -0.15) is 5.01 Å². The summed E-state index contributed by atoms with van der Waals surface area (Å²) in [4.78, 5) is 51.6. The Labute approximate surface area is 151 Å². The predicted molar refractivity (Wildman–Crippen MR) is 93.5 cm³/mol. The first-order valence-electron chi connectivity index (χ1n) is 8.05. The van der Waals surface area contributed by atoms with Crippen LogP contribution in [0.5, 0.6) is 0 Å². The molecule has 0 unspecified atom stereocenters. The number of amides is 5. The first-order chi connectivity index (χ1) is 12.1. The molecule has 1 aromatic carbocycles. The van der Waals surface area contributed by atoms with Gasteiger partial charge in [0, 0.05) is 14.1 Å². The van der Waals surface area contributed by atoms with Crippen molar-refractivity contribution in [1.82, 2.24) is 25.6 Å². The lowest BCUT2D eigenvalue weighted by atomic mass is 9.92. The topological polar surface area (TPSA) is 102 Å². The van der Waals surface area contributed by atoms with Gasteiger partial charge in [-0.25, -0.2) is 4.79 Å². The van der Waals surface area contributed by atoms with Gasteiger partial charge in [0.05, 0.1) is 13.1 Å². The van der Waals surface area contributed by atoms with Crippen LogP contribution in [-0.2, 0) is 19.9 Å². The molecule has 0 aliphatic carbocycles. The second kappa shape index (κ2) is 7.52. The molecule has 0 aromatic heterocycles. The maximum absolute atomic E-state index is 12.7. The third kappa shape index (κ3) is 3.99. The smallest absolute Gasteiger partial charge is 0.344 e. The zero-order valence-electron chi connectivity index (χ0n) is 15.3. The number of benzene rings is 1. The fourth-order valence-electron chi connectivity index (χ4n) is 2.54. The quantitative estimate of drug-likeness (QED) is 0.666. The number of nitrogens with zero attached hydrogens (tertiary/aromatic N) is 3. The first kappa shape index (κ1) is 19.4. The molecular weight excluding hydrogens is 338 g/mol. The third-order valence-electron chi connectivity index (χ3n) is 4.10. The van der Waals surface area contributed by atoms with E-state index in [9.17, 15) is 19.2 Å². The lowest BCUT2D eigenvalue weighted by Crippen LogP contribution is -2.51. The van der Waals surface area contributed by atoms with Crippen molar-refractivity contribution in [3.8, 4) is 0 Å². The summed E-state index contributed by atoms with van der Waals surface area (Å²) in [5, 5.41) is 3.28. The van der Waals surface area contributed by atoms with Gasteiger partial charge in [-0.05, 0) is 19.5 Å². The number of hydrogen-bond donors (Lipinski definition) is 2. The first-order valence-corrected chi connectivity index (χ1v) is 8.05. The van der Waals surface area contributed by atoms with Gasteiger partial charge in [0.2, 0.25) is 5.91 Å². The summed E-state index contributed by atoms with van der Waals surface area (Å²) < 4.78 is 0. The van der Waals surface area contributed by atoms with Crippen LogP contribution in [0.25, 0.3) is 0 Å². The van der Waals surface area contributed by atoms with Crippen molar-refractivity contribution >= 4 is 23.8 Å². The third-order valence-corrected chi connectivity index (χ3v) is 4.10. The van der Waals surface area contributed by atoms with Gasteiger partial charge in [0.15, 0.2) is 0 Å². The molecule has 1 aromatic rings. The number of hydrogen-bond acceptors (Lipinski definition) is 5. The molecule has 0 radical (unpaired) electrons. The number of likely N-dealkylation sites (N-methyl/N-ethyl adjacent to an activating group) is 2. The number of carbonyl (C=O) groups is 4. The van der Waals surface area contributed by atoms with E-state index >= 15 is 0 Å². The average molecular weight is 361 g/mol. The normalized spacial score (nSPS) is 19.5. The van der Waals surface area contributed by atoms with Crippen LogP contribution >= 0.6 is 0 Å². The standard InChI is InChI=1S/C17H23N5O4/c1-17(12-8-6-5-7-9-12)15(25)22(16(26)18-17)19-13(23)10-21(4)11-14(24)20(2)3/h5-9H,10-11H2,1-4H3,(H,18,26)(H,19,23)/t17-/m0/s1. The van der Waals surface area contributed by atoms with Gasteiger partial charge in [0.25, 0.3) is 11.8 Å². The Balaban J connectivity index is 2.01. The molecule has 1 aliphatic rings. The second-order valence-corrected chi connectivity index (χ2v) is 6.56. The molecule has 9 nitrogen and oxygen atoms in total. The van der Waals surface area contributed by atoms with Gasteiger partial charge < -0.3 is 10.2 Å². The van der Waals surface area contributed by atoms with Gasteiger partial charge in [0.1, 0.15) is 5.54 Å². The zero-order chi connectivity index (χ0) is 19.5. The number of nitrogens with one attached hydrogen (secondary N) is 2. The van der Waals surface area contributed by atoms with Crippen LogP contribution in [0.4, 0.5) is 4.79 Å². The monoisotopic (exact) mass is 361 g/mol. The van der Waals surface area contributed by atoms with Crippen LogP contribution in [0.3, 0.4) is 0 Å². The van der Waals surface area contributed by atoms with Crippen molar-refractivity contribution in [3.63, 3.8) is 0 Å². The molecule has 0 bridgehead atoms. The molecule has 1 atom stereocenters. The Morgan fingerprint density at radius 1 is 1.12 bits per heavy atom. The minimum absolute atomic E-state index is 0.0439. The van der Waals surface area contributed by atoms with E-state index in [1.165, 1.54) is 9.80 Å². The summed E-state index contributed by atoms with van der Waals surface area (Å²) in [6, 6.07) is 8.07. The van der Waals surface area contributed by atoms with Crippen LogP contribution in [0.1, 0.15) is 12.5 Å². The number of hydrazine groups is 1. The van der Waals surface area contributed by atoms with Crippen LogP contribution in [0.15, 0.2) is 30.3 Å². The summed E-state index contributed by atoms with van der Waals surface area (Å²) >= 11 is 0. The molecule has 140 valence electrons. The highest BCUT2D eigenvalue weighted by Gasteiger charge is 2.49. The minimum atomic E-state index is -1.25. The van der Waals surface area contributed by atoms with Gasteiger partial charge in [-0.15, -0.1) is 0 Å². The number of imide groups is 1. The molecule has 5 amide bonds. The summed E-state index contributed by atoms with van der Waals surface area (Å²) in [6.45, 7) is 1.48. The molecule has 1 heterocycles. The molecular formula is C17H23N5O4. The van der Waals surface area contributed by atoms with E-state index < -0.39 is 23.4 Å². The van der Waals surface area contributed by atoms with E-state index in [0.717, 1.165) is 0 Å². The van der Waals surface area contributed by atoms with E-state index in [1.54, 1.807) is 58.4 Å². The Kier molecular flexibility index (Phi) is 5.61. The Bertz CT molecular complexity index is 721. The van der Waals surface area contributed by atoms with Crippen molar-refractivity contribution in [2.75, 3.05) is 34.2 Å². The van der Waals surface area contributed by atoms with E-state index in [0.29, 0.717) is 10.6 Å². The van der Waals surface area contributed by atoms with Crippen LogP contribution in [-0.4, -0.2) is 72.8 Å². The summed E-state index contributed by atoms with van der Waals surface area (Å²) in [7, 11) is 4.84. The molecule has 9 heteroatoms. The summed E-state index contributed by atoms with van der Waals surface area (Å²) in [6.07, 6.45) is 0. The molecule has 26 heavy (non-hydrogen) atoms. The summed E-state index contributed by atoms with van der Waals surface area (Å²) in [5.74, 6) is -1.30. The average Bonchev–Trinajstić information content (AvgIpc) is 2.79. The maximum Gasteiger partial charge on any atom is 0.344 e. The van der Waals surface area contributed by atoms with Crippen molar-refractivity contribution in [2.24, 2.45) is 0 Å². The predicted octanol–water partition coefficient (Wildman–Crippen LogP) is -0.495. The lowest BCUT2D eigenvalue weighted by molar-refractivity contribution is -0.139. The highest BCUT2D eigenvalue weighted by atomic mass is 16.2. The number of rotatable bonds is 6. The van der Waals surface area contributed by atoms with Crippen molar-refractivity contribution in [1.29, 1.82) is 0 Å². The highest BCUT2D eigenvalue weighted by molar-refractivity contribution is 6.08. The Morgan fingerprint density at radius 2 is 1.73 bits per heavy atom. The molecule has 1 saturated heterocycles. The minimum Gasteiger partial charge on any atom is -0.348 e. The van der Waals surface area contributed by atoms with Crippen LogP contribution in [0, 0.1) is 0 Å². The lowest BCUT2D eigenvalue weighted by Gasteiger charge is -2.23. The molecule has 0 spiro atoms. The fourth-order valence-corrected chi connectivity index (χ4v) is 2.54. The van der Waals surface area contributed by atoms with E-state index in [1.807, 2.05) is 0 Å². The molecule has 1 fully saturated rings. The van der Waals surface area contributed by atoms with Crippen LogP contribution in [0.2, 0.25) is 0 Å². The van der Waals surface area contributed by atoms with Crippen LogP contribution < -0.4 is 10.7 Å². The van der Waals surface area contributed by atoms with E-state index in [-0.39, 0.29) is 19.0 Å². The highest BCUT2D eigenvalue weighted by Crippen LogP contribution is 2.27. The largest absolute Gasteiger partial charge is 0.348 e. The SMILES string of the molecule is CN(CC(=O)NN1C(=O)N[C@@](C)(c2ccccc2)C1=O)CC(=O)N(C)C. The van der Waals surface area contributed by atoms with E-state index in [2.05, 4.69) is 10.7 Å².